The minimum absolute atomic E-state index is 0.105. The Balaban J connectivity index is 1.68. The first-order chi connectivity index (χ1) is 15.8. The number of hydrogen-bond acceptors (Lipinski definition) is 3. The molecule has 1 N–H and O–H groups in total. The van der Waals surface area contributed by atoms with Crippen LogP contribution in [0.15, 0.2) is 42.5 Å². The van der Waals surface area contributed by atoms with Crippen LogP contribution < -0.4 is 5.32 Å². The molecule has 4 nitrogen and oxygen atoms in total. The van der Waals surface area contributed by atoms with Gasteiger partial charge in [-0.25, -0.2) is 0 Å². The molecule has 0 radical (unpaired) electrons. The molecule has 1 unspecified atom stereocenters. The normalized spacial score (nSPS) is 15.2. The molecule has 178 valence electrons. The zero-order valence-corrected chi connectivity index (χ0v) is 21.7. The Kier molecular flexibility index (Phi) is 10.2. The number of nitrogens with zero attached hydrogens (tertiary/aromatic N) is 1. The van der Waals surface area contributed by atoms with E-state index in [4.69, 9.17) is 34.8 Å². The van der Waals surface area contributed by atoms with Crippen molar-refractivity contribution in [3.05, 3.63) is 68.7 Å². The lowest BCUT2D eigenvalue weighted by Crippen LogP contribution is -2.50. The second kappa shape index (κ2) is 12.9. The summed E-state index contributed by atoms with van der Waals surface area (Å²) in [7, 11) is 0. The van der Waals surface area contributed by atoms with Crippen LogP contribution in [0.4, 0.5) is 0 Å². The van der Waals surface area contributed by atoms with Gasteiger partial charge in [0.25, 0.3) is 0 Å². The first kappa shape index (κ1) is 26.2. The SMILES string of the molecule is CC(C(=O)NC1CCCCC1)N(Cc1ccc(Cl)cc1Cl)C(=O)CSCc1ccc(Cl)cc1. The predicted octanol–water partition coefficient (Wildman–Crippen LogP) is 6.75. The summed E-state index contributed by atoms with van der Waals surface area (Å²) in [5.41, 5.74) is 1.85. The number of thioether (sulfide) groups is 1. The molecule has 0 bridgehead atoms. The molecule has 1 fully saturated rings. The monoisotopic (exact) mass is 526 g/mol. The van der Waals surface area contributed by atoms with Crippen LogP contribution in [0.3, 0.4) is 0 Å². The summed E-state index contributed by atoms with van der Waals surface area (Å²) >= 11 is 19.9. The third kappa shape index (κ3) is 8.10. The Hall–Kier alpha value is -1.40. The molecule has 2 amide bonds. The van der Waals surface area contributed by atoms with Gasteiger partial charge in [-0.3, -0.25) is 9.59 Å². The summed E-state index contributed by atoms with van der Waals surface area (Å²) < 4.78 is 0. The smallest absolute Gasteiger partial charge is 0.242 e. The molecule has 2 aromatic rings. The second-order valence-corrected chi connectivity index (χ2v) is 10.7. The molecule has 33 heavy (non-hydrogen) atoms. The average molecular weight is 528 g/mol. The summed E-state index contributed by atoms with van der Waals surface area (Å²) in [4.78, 5) is 27.9. The third-order valence-corrected chi connectivity index (χ3v) is 7.71. The van der Waals surface area contributed by atoms with Crippen LogP contribution >= 0.6 is 46.6 Å². The van der Waals surface area contributed by atoms with Gasteiger partial charge in [0.2, 0.25) is 11.8 Å². The van der Waals surface area contributed by atoms with E-state index < -0.39 is 6.04 Å². The van der Waals surface area contributed by atoms with Crippen molar-refractivity contribution in [1.29, 1.82) is 0 Å². The molecule has 0 heterocycles. The van der Waals surface area contributed by atoms with E-state index in [0.717, 1.165) is 36.8 Å². The summed E-state index contributed by atoms with van der Waals surface area (Å²) in [6, 6.07) is 12.4. The summed E-state index contributed by atoms with van der Waals surface area (Å²) in [5, 5.41) is 4.84. The van der Waals surface area contributed by atoms with E-state index in [1.807, 2.05) is 24.3 Å². The van der Waals surface area contributed by atoms with Crippen molar-refractivity contribution in [2.45, 2.75) is 63.4 Å². The van der Waals surface area contributed by atoms with Gasteiger partial charge in [-0.15, -0.1) is 11.8 Å². The minimum Gasteiger partial charge on any atom is -0.352 e. The molecule has 2 aromatic carbocycles. The molecular formula is C25H29Cl3N2O2S. The molecule has 8 heteroatoms. The zero-order chi connectivity index (χ0) is 23.8. The molecule has 0 spiro atoms. The highest BCUT2D eigenvalue weighted by molar-refractivity contribution is 7.99. The minimum atomic E-state index is -0.609. The van der Waals surface area contributed by atoms with Gasteiger partial charge in [0, 0.05) is 33.4 Å². The van der Waals surface area contributed by atoms with Crippen LogP contribution in [-0.2, 0) is 21.9 Å². The highest BCUT2D eigenvalue weighted by atomic mass is 35.5. The fraction of sp³-hybridized carbons (Fsp3) is 0.440. The molecule has 0 saturated heterocycles. The molecule has 0 aromatic heterocycles. The topological polar surface area (TPSA) is 49.4 Å². The van der Waals surface area contributed by atoms with E-state index in [-0.39, 0.29) is 30.2 Å². The standard InChI is InChI=1S/C25H29Cl3N2O2S/c1-17(25(32)29-22-5-3-2-4-6-22)30(14-19-9-12-21(27)13-23(19)28)24(31)16-33-15-18-7-10-20(26)11-8-18/h7-13,17,22H,2-6,14-16H2,1H3,(H,29,32). The molecule has 1 atom stereocenters. The fourth-order valence-corrected chi connectivity index (χ4v) is 5.37. The van der Waals surface area contributed by atoms with Crippen LogP contribution in [0, 0.1) is 0 Å². The molecule has 1 aliphatic carbocycles. The highest BCUT2D eigenvalue weighted by Crippen LogP contribution is 2.24. The van der Waals surface area contributed by atoms with Crippen LogP contribution in [0.1, 0.15) is 50.2 Å². The van der Waals surface area contributed by atoms with Gasteiger partial charge in [-0.05, 0) is 55.2 Å². The molecule has 3 rings (SSSR count). The van der Waals surface area contributed by atoms with Crippen molar-refractivity contribution in [3.8, 4) is 0 Å². The van der Waals surface area contributed by atoms with E-state index in [0.29, 0.717) is 20.8 Å². The van der Waals surface area contributed by atoms with E-state index in [9.17, 15) is 9.59 Å². The number of rotatable bonds is 9. The number of benzene rings is 2. The summed E-state index contributed by atoms with van der Waals surface area (Å²) in [5.74, 6) is 0.713. The lowest BCUT2D eigenvalue weighted by Gasteiger charge is -2.31. The molecule has 1 saturated carbocycles. The van der Waals surface area contributed by atoms with E-state index in [1.165, 1.54) is 18.2 Å². The Morgan fingerprint density at radius 2 is 1.70 bits per heavy atom. The predicted molar refractivity (Wildman–Crippen MR) is 139 cm³/mol. The third-order valence-electron chi connectivity index (χ3n) is 5.88. The molecule has 0 aliphatic heterocycles. The van der Waals surface area contributed by atoms with Gasteiger partial charge in [0.1, 0.15) is 6.04 Å². The van der Waals surface area contributed by atoms with E-state index in [1.54, 1.807) is 30.0 Å². The Labute approximate surface area is 215 Å². The fourth-order valence-electron chi connectivity index (χ4n) is 3.90. The lowest BCUT2D eigenvalue weighted by molar-refractivity contribution is -0.139. The number of carbonyl (C=O) groups is 2. The van der Waals surface area contributed by atoms with Crippen molar-refractivity contribution in [3.63, 3.8) is 0 Å². The van der Waals surface area contributed by atoms with Crippen molar-refractivity contribution in [2.75, 3.05) is 5.75 Å². The highest BCUT2D eigenvalue weighted by Gasteiger charge is 2.28. The number of amides is 2. The number of nitrogens with one attached hydrogen (secondary N) is 1. The quantitative estimate of drug-likeness (QED) is 0.392. The van der Waals surface area contributed by atoms with Gasteiger partial charge in [-0.1, -0.05) is 72.3 Å². The van der Waals surface area contributed by atoms with Crippen LogP contribution in [0.25, 0.3) is 0 Å². The number of halogens is 3. The Bertz CT molecular complexity index is 949. The summed E-state index contributed by atoms with van der Waals surface area (Å²) in [6.45, 7) is 2.03. The maximum absolute atomic E-state index is 13.2. The van der Waals surface area contributed by atoms with Gasteiger partial charge < -0.3 is 10.2 Å². The second-order valence-electron chi connectivity index (χ2n) is 8.40. The largest absolute Gasteiger partial charge is 0.352 e. The van der Waals surface area contributed by atoms with Crippen molar-refractivity contribution in [1.82, 2.24) is 10.2 Å². The maximum atomic E-state index is 13.2. The summed E-state index contributed by atoms with van der Waals surface area (Å²) in [6.07, 6.45) is 5.46. The molecule has 1 aliphatic rings. The zero-order valence-electron chi connectivity index (χ0n) is 18.7. The van der Waals surface area contributed by atoms with E-state index in [2.05, 4.69) is 5.32 Å². The number of hydrogen-bond donors (Lipinski definition) is 1. The van der Waals surface area contributed by atoms with Gasteiger partial charge >= 0.3 is 0 Å². The van der Waals surface area contributed by atoms with Crippen LogP contribution in [0.5, 0.6) is 0 Å². The van der Waals surface area contributed by atoms with Crippen molar-refractivity contribution < 1.29 is 9.59 Å². The van der Waals surface area contributed by atoms with Gasteiger partial charge in [-0.2, -0.15) is 0 Å². The lowest BCUT2D eigenvalue weighted by atomic mass is 9.95. The Morgan fingerprint density at radius 3 is 2.36 bits per heavy atom. The van der Waals surface area contributed by atoms with Gasteiger partial charge in [0.05, 0.1) is 5.75 Å². The van der Waals surface area contributed by atoms with E-state index >= 15 is 0 Å². The van der Waals surface area contributed by atoms with Crippen molar-refractivity contribution >= 4 is 58.4 Å². The first-order valence-corrected chi connectivity index (χ1v) is 13.5. The van der Waals surface area contributed by atoms with Crippen molar-refractivity contribution in [2.24, 2.45) is 0 Å². The van der Waals surface area contributed by atoms with Crippen LogP contribution in [-0.4, -0.2) is 34.6 Å². The van der Waals surface area contributed by atoms with Gasteiger partial charge in [0.15, 0.2) is 0 Å². The molecular weight excluding hydrogens is 499 g/mol. The number of carbonyl (C=O) groups excluding carboxylic acids is 2. The average Bonchev–Trinajstić information content (AvgIpc) is 2.80. The van der Waals surface area contributed by atoms with Crippen LogP contribution in [0.2, 0.25) is 15.1 Å². The maximum Gasteiger partial charge on any atom is 0.242 e. The first-order valence-electron chi connectivity index (χ1n) is 11.2. The Morgan fingerprint density at radius 1 is 1.03 bits per heavy atom.